The maximum atomic E-state index is 13.2. The summed E-state index contributed by atoms with van der Waals surface area (Å²) in [6.07, 6.45) is 1.18. The minimum atomic E-state index is -0.622. The number of rotatable bonds is 8. The molecule has 0 atom stereocenters. The minimum Gasteiger partial charge on any atom is -0.334 e. The molecule has 0 fully saturated rings. The van der Waals surface area contributed by atoms with Gasteiger partial charge in [-0.2, -0.15) is 0 Å². The highest BCUT2D eigenvalue weighted by Crippen LogP contribution is 2.31. The molecule has 4 rings (SSSR count). The van der Waals surface area contributed by atoms with Gasteiger partial charge in [0, 0.05) is 5.69 Å². The summed E-state index contributed by atoms with van der Waals surface area (Å²) in [5.74, 6) is -1.15. The molecular formula is C24H20N6O3. The fourth-order valence-corrected chi connectivity index (χ4v) is 3.37. The Labute approximate surface area is 189 Å². The van der Waals surface area contributed by atoms with E-state index in [0.717, 1.165) is 11.1 Å². The number of para-hydroxylation sites is 1. The number of hydrogen-bond donors (Lipinski definition) is 3. The van der Waals surface area contributed by atoms with Gasteiger partial charge >= 0.3 is 5.69 Å². The molecule has 0 aliphatic carbocycles. The number of nitro groups is 1. The Kier molecular flexibility index (Phi) is 6.51. The first-order valence-electron chi connectivity index (χ1n) is 10.1. The van der Waals surface area contributed by atoms with E-state index < -0.39 is 22.4 Å². The van der Waals surface area contributed by atoms with Crippen LogP contribution in [0.4, 0.5) is 23.0 Å². The summed E-state index contributed by atoms with van der Waals surface area (Å²) in [4.78, 5) is 32.3. The van der Waals surface area contributed by atoms with Crippen molar-refractivity contribution in [3.05, 3.63) is 119 Å². The molecule has 1 aromatic heterocycles. The molecule has 0 aliphatic heterocycles. The average molecular weight is 440 g/mol. The second kappa shape index (κ2) is 10.0. The third-order valence-electron chi connectivity index (χ3n) is 4.87. The Balaban J connectivity index is 1.59. The van der Waals surface area contributed by atoms with Gasteiger partial charge in [-0.25, -0.2) is 9.97 Å². The van der Waals surface area contributed by atoms with Crippen LogP contribution in [0.1, 0.15) is 17.0 Å². The van der Waals surface area contributed by atoms with E-state index in [2.05, 4.69) is 26.1 Å². The zero-order valence-electron chi connectivity index (χ0n) is 17.4. The molecule has 0 saturated carbocycles. The Bertz CT molecular complexity index is 1200. The zero-order valence-corrected chi connectivity index (χ0v) is 17.4. The summed E-state index contributed by atoms with van der Waals surface area (Å²) in [6, 6.07) is 27.5. The van der Waals surface area contributed by atoms with E-state index >= 15 is 0 Å². The van der Waals surface area contributed by atoms with Crippen LogP contribution in [0.2, 0.25) is 0 Å². The number of carbonyl (C=O) groups excluding carboxylic acids is 1. The third kappa shape index (κ3) is 5.10. The van der Waals surface area contributed by atoms with E-state index in [4.69, 9.17) is 0 Å². The van der Waals surface area contributed by atoms with Crippen LogP contribution in [0.3, 0.4) is 0 Å². The van der Waals surface area contributed by atoms with E-state index in [1.807, 2.05) is 66.7 Å². The molecule has 0 bridgehead atoms. The van der Waals surface area contributed by atoms with Crippen molar-refractivity contribution >= 4 is 28.9 Å². The maximum absolute atomic E-state index is 13.2. The van der Waals surface area contributed by atoms with Crippen molar-refractivity contribution in [2.45, 2.75) is 5.92 Å². The van der Waals surface area contributed by atoms with Crippen LogP contribution in [0.15, 0.2) is 97.3 Å². The monoisotopic (exact) mass is 440 g/mol. The quantitative estimate of drug-likeness (QED) is 0.274. The number of aromatic nitrogens is 2. The summed E-state index contributed by atoms with van der Waals surface area (Å²) >= 11 is 0. The van der Waals surface area contributed by atoms with Crippen LogP contribution < -0.4 is 16.2 Å². The van der Waals surface area contributed by atoms with Gasteiger partial charge in [0.2, 0.25) is 17.5 Å². The lowest BCUT2D eigenvalue weighted by molar-refractivity contribution is -0.383. The molecule has 0 saturated heterocycles. The van der Waals surface area contributed by atoms with Gasteiger partial charge in [0.1, 0.15) is 6.33 Å². The summed E-state index contributed by atoms with van der Waals surface area (Å²) in [7, 11) is 0. The smallest absolute Gasteiger partial charge is 0.334 e. The third-order valence-corrected chi connectivity index (χ3v) is 4.87. The minimum absolute atomic E-state index is 0.000572. The molecule has 1 amide bonds. The highest BCUT2D eigenvalue weighted by Gasteiger charge is 2.26. The van der Waals surface area contributed by atoms with Crippen LogP contribution in [0.5, 0.6) is 0 Å². The van der Waals surface area contributed by atoms with Gasteiger partial charge in [0.25, 0.3) is 0 Å². The fraction of sp³-hybridized carbons (Fsp3) is 0.0417. The standard InChI is InChI=1S/C24H20N6O3/c31-24(20(17-10-4-1-5-11-17)18-12-6-2-7-13-18)29-28-23-21(30(32)33)22(25-16-26-23)27-19-14-8-3-9-15-19/h1-16,20H,(H,29,31)(H2,25,26,27,28). The molecule has 3 N–H and O–H groups in total. The predicted octanol–water partition coefficient (Wildman–Crippen LogP) is 4.40. The van der Waals surface area contributed by atoms with Crippen molar-refractivity contribution in [1.82, 2.24) is 15.4 Å². The van der Waals surface area contributed by atoms with Crippen LogP contribution in [0.25, 0.3) is 0 Å². The molecule has 0 unspecified atom stereocenters. The highest BCUT2D eigenvalue weighted by molar-refractivity contribution is 5.88. The van der Waals surface area contributed by atoms with Gasteiger partial charge in [-0.05, 0) is 23.3 Å². The SMILES string of the molecule is O=C(NNc1ncnc(Nc2ccccc2)c1[N+](=O)[O-])C(c1ccccc1)c1ccccc1. The molecule has 9 nitrogen and oxygen atoms in total. The molecule has 164 valence electrons. The second-order valence-corrected chi connectivity index (χ2v) is 7.04. The van der Waals surface area contributed by atoms with Crippen LogP contribution >= 0.6 is 0 Å². The van der Waals surface area contributed by atoms with Gasteiger partial charge in [0.05, 0.1) is 10.8 Å². The van der Waals surface area contributed by atoms with Crippen LogP contribution in [-0.4, -0.2) is 20.8 Å². The lowest BCUT2D eigenvalue weighted by atomic mass is 9.91. The molecule has 3 aromatic carbocycles. The van der Waals surface area contributed by atoms with Gasteiger partial charge in [-0.1, -0.05) is 78.9 Å². The first-order chi connectivity index (χ1) is 16.1. The number of amides is 1. The molecule has 1 heterocycles. The number of carbonyl (C=O) groups is 1. The van der Waals surface area contributed by atoms with Crippen LogP contribution in [-0.2, 0) is 4.79 Å². The Morgan fingerprint density at radius 1 is 0.788 bits per heavy atom. The van der Waals surface area contributed by atoms with Gasteiger partial charge in [-0.15, -0.1) is 0 Å². The highest BCUT2D eigenvalue weighted by atomic mass is 16.6. The molecule has 0 radical (unpaired) electrons. The van der Waals surface area contributed by atoms with Crippen molar-refractivity contribution < 1.29 is 9.72 Å². The largest absolute Gasteiger partial charge is 0.355 e. The molecular weight excluding hydrogens is 420 g/mol. The molecule has 0 aliphatic rings. The Morgan fingerprint density at radius 3 is 1.85 bits per heavy atom. The number of hydrogen-bond acceptors (Lipinski definition) is 7. The van der Waals surface area contributed by atoms with Gasteiger partial charge < -0.3 is 5.32 Å². The van der Waals surface area contributed by atoms with Gasteiger partial charge in [0.15, 0.2) is 0 Å². The fourth-order valence-electron chi connectivity index (χ4n) is 3.37. The topological polar surface area (TPSA) is 122 Å². The molecule has 33 heavy (non-hydrogen) atoms. The number of anilines is 3. The van der Waals surface area contributed by atoms with Crippen molar-refractivity contribution in [3.8, 4) is 0 Å². The van der Waals surface area contributed by atoms with Crippen molar-refractivity contribution in [1.29, 1.82) is 0 Å². The van der Waals surface area contributed by atoms with Crippen molar-refractivity contribution in [2.75, 3.05) is 10.7 Å². The lowest BCUT2D eigenvalue weighted by Crippen LogP contribution is -2.35. The number of hydrazine groups is 1. The number of nitrogens with zero attached hydrogens (tertiary/aromatic N) is 3. The van der Waals surface area contributed by atoms with E-state index in [0.29, 0.717) is 5.69 Å². The maximum Gasteiger partial charge on any atom is 0.355 e. The van der Waals surface area contributed by atoms with E-state index in [1.54, 1.807) is 24.3 Å². The predicted molar refractivity (Wildman–Crippen MR) is 125 cm³/mol. The molecule has 4 aromatic rings. The summed E-state index contributed by atoms with van der Waals surface area (Å²) in [5.41, 5.74) is 6.98. The van der Waals surface area contributed by atoms with E-state index in [1.165, 1.54) is 6.33 Å². The van der Waals surface area contributed by atoms with E-state index in [-0.39, 0.29) is 11.6 Å². The normalized spacial score (nSPS) is 10.5. The average Bonchev–Trinajstić information content (AvgIpc) is 2.85. The number of nitrogens with one attached hydrogen (secondary N) is 3. The van der Waals surface area contributed by atoms with Crippen LogP contribution in [0, 0.1) is 10.1 Å². The summed E-state index contributed by atoms with van der Waals surface area (Å²) < 4.78 is 0. The molecule has 9 heteroatoms. The Hall–Kier alpha value is -4.79. The molecule has 0 spiro atoms. The summed E-state index contributed by atoms with van der Waals surface area (Å²) in [5, 5.41) is 14.7. The van der Waals surface area contributed by atoms with E-state index in [9.17, 15) is 14.9 Å². The second-order valence-electron chi connectivity index (χ2n) is 7.04. The first kappa shape index (κ1) is 21.4. The summed E-state index contributed by atoms with van der Waals surface area (Å²) in [6.45, 7) is 0. The van der Waals surface area contributed by atoms with Gasteiger partial charge in [-0.3, -0.25) is 25.8 Å². The first-order valence-corrected chi connectivity index (χ1v) is 10.1. The van der Waals surface area contributed by atoms with Crippen molar-refractivity contribution in [2.24, 2.45) is 0 Å². The lowest BCUT2D eigenvalue weighted by Gasteiger charge is -2.18. The Morgan fingerprint density at radius 2 is 1.30 bits per heavy atom. The number of benzene rings is 3. The zero-order chi connectivity index (χ0) is 23.0. The van der Waals surface area contributed by atoms with Crippen molar-refractivity contribution in [3.63, 3.8) is 0 Å².